The van der Waals surface area contributed by atoms with Gasteiger partial charge in [-0.1, -0.05) is 29.8 Å². The minimum Gasteiger partial charge on any atom is -0.481 e. The third-order valence-electron chi connectivity index (χ3n) is 3.43. The van der Waals surface area contributed by atoms with Crippen LogP contribution in [0.4, 0.5) is 0 Å². The van der Waals surface area contributed by atoms with Crippen molar-refractivity contribution in [2.75, 3.05) is 20.7 Å². The Bertz CT molecular complexity index is 574. The van der Waals surface area contributed by atoms with Gasteiger partial charge in [-0.2, -0.15) is 0 Å². The lowest BCUT2D eigenvalue weighted by Gasteiger charge is -2.27. The summed E-state index contributed by atoms with van der Waals surface area (Å²) in [5.74, 6) is 0.604. The largest absolute Gasteiger partial charge is 0.481 e. The van der Waals surface area contributed by atoms with Gasteiger partial charge in [-0.3, -0.25) is 4.90 Å². The van der Waals surface area contributed by atoms with E-state index >= 15 is 0 Å². The zero-order valence-corrected chi connectivity index (χ0v) is 13.0. The van der Waals surface area contributed by atoms with E-state index in [4.69, 9.17) is 22.1 Å². The molecule has 0 aliphatic rings. The number of nitrogens with zero attached hydrogens (tertiary/aromatic N) is 2. The van der Waals surface area contributed by atoms with E-state index in [0.29, 0.717) is 12.4 Å². The van der Waals surface area contributed by atoms with E-state index in [2.05, 4.69) is 16.0 Å². The first-order valence-corrected chi connectivity index (χ1v) is 7.16. The van der Waals surface area contributed by atoms with Crippen molar-refractivity contribution in [2.24, 2.45) is 5.73 Å². The molecule has 1 heterocycles. The lowest BCUT2D eigenvalue weighted by Crippen LogP contribution is -2.30. The molecular weight excluding hydrogens is 286 g/mol. The van der Waals surface area contributed by atoms with E-state index in [1.807, 2.05) is 43.6 Å². The minimum atomic E-state index is 0.0994. The first-order chi connectivity index (χ1) is 10.1. The molecule has 4 nitrogen and oxygen atoms in total. The van der Waals surface area contributed by atoms with E-state index in [0.717, 1.165) is 22.7 Å². The summed E-state index contributed by atoms with van der Waals surface area (Å²) in [5, 5.41) is 0.747. The zero-order valence-electron chi connectivity index (χ0n) is 12.3. The van der Waals surface area contributed by atoms with Crippen LogP contribution in [0.3, 0.4) is 0 Å². The van der Waals surface area contributed by atoms with Crippen LogP contribution in [0.25, 0.3) is 0 Å². The van der Waals surface area contributed by atoms with Crippen molar-refractivity contribution >= 4 is 11.6 Å². The Morgan fingerprint density at radius 2 is 2.14 bits per heavy atom. The highest BCUT2D eigenvalue weighted by molar-refractivity contribution is 6.30. The Labute approximate surface area is 130 Å². The average molecular weight is 306 g/mol. The van der Waals surface area contributed by atoms with Crippen LogP contribution in [-0.4, -0.2) is 30.6 Å². The second-order valence-corrected chi connectivity index (χ2v) is 5.37. The van der Waals surface area contributed by atoms with Crippen LogP contribution < -0.4 is 10.5 Å². The quantitative estimate of drug-likeness (QED) is 0.891. The zero-order chi connectivity index (χ0) is 15.2. The van der Waals surface area contributed by atoms with Crippen LogP contribution in [0.1, 0.15) is 17.2 Å². The third-order valence-corrected chi connectivity index (χ3v) is 3.66. The Balaban J connectivity index is 2.12. The average Bonchev–Trinajstić information content (AvgIpc) is 2.48. The van der Waals surface area contributed by atoms with Gasteiger partial charge in [0, 0.05) is 36.4 Å². The fraction of sp³-hybridized carbons (Fsp3) is 0.312. The molecule has 0 spiro atoms. The van der Waals surface area contributed by atoms with Crippen molar-refractivity contribution in [1.29, 1.82) is 0 Å². The number of pyridine rings is 1. The van der Waals surface area contributed by atoms with Gasteiger partial charge in [0.15, 0.2) is 0 Å². The molecule has 0 radical (unpaired) electrons. The molecule has 21 heavy (non-hydrogen) atoms. The summed E-state index contributed by atoms with van der Waals surface area (Å²) in [6.45, 7) is 1.29. The van der Waals surface area contributed by atoms with E-state index in [1.165, 1.54) is 0 Å². The summed E-state index contributed by atoms with van der Waals surface area (Å²) < 4.78 is 5.08. The fourth-order valence-corrected chi connectivity index (χ4v) is 2.53. The standard InChI is InChI=1S/C16H20ClN3O/c1-20(11-12-4-3-5-14(17)8-12)15(9-18)13-6-7-16(21-2)19-10-13/h3-8,10,15H,9,11,18H2,1-2H3. The van der Waals surface area contributed by atoms with E-state index in [9.17, 15) is 0 Å². The molecule has 0 saturated carbocycles. The number of ether oxygens (including phenoxy) is 1. The number of aromatic nitrogens is 1. The van der Waals surface area contributed by atoms with Gasteiger partial charge in [-0.05, 0) is 30.3 Å². The number of hydrogen-bond donors (Lipinski definition) is 1. The van der Waals surface area contributed by atoms with Crippen molar-refractivity contribution in [2.45, 2.75) is 12.6 Å². The Morgan fingerprint density at radius 1 is 1.33 bits per heavy atom. The molecular formula is C16H20ClN3O. The molecule has 1 aromatic carbocycles. The molecule has 1 unspecified atom stereocenters. The fourth-order valence-electron chi connectivity index (χ4n) is 2.31. The van der Waals surface area contributed by atoms with Crippen LogP contribution in [0.5, 0.6) is 5.88 Å². The number of nitrogens with two attached hydrogens (primary N) is 1. The molecule has 0 aliphatic carbocycles. The molecule has 112 valence electrons. The summed E-state index contributed by atoms with van der Waals surface area (Å²) >= 11 is 6.03. The Hall–Kier alpha value is -1.62. The normalized spacial score (nSPS) is 12.4. The highest BCUT2D eigenvalue weighted by atomic mass is 35.5. The van der Waals surface area contributed by atoms with E-state index in [-0.39, 0.29) is 6.04 Å². The molecule has 0 bridgehead atoms. The minimum absolute atomic E-state index is 0.0994. The number of benzene rings is 1. The monoisotopic (exact) mass is 305 g/mol. The number of likely N-dealkylation sites (N-methyl/N-ethyl adjacent to an activating group) is 1. The summed E-state index contributed by atoms with van der Waals surface area (Å²) in [6.07, 6.45) is 1.81. The van der Waals surface area contributed by atoms with Gasteiger partial charge in [0.05, 0.1) is 7.11 Å². The topological polar surface area (TPSA) is 51.4 Å². The van der Waals surface area contributed by atoms with Crippen molar-refractivity contribution in [3.8, 4) is 5.88 Å². The molecule has 1 atom stereocenters. The molecule has 0 amide bonds. The van der Waals surface area contributed by atoms with Gasteiger partial charge in [-0.25, -0.2) is 4.98 Å². The highest BCUT2D eigenvalue weighted by Crippen LogP contribution is 2.22. The van der Waals surface area contributed by atoms with Gasteiger partial charge in [0.25, 0.3) is 0 Å². The summed E-state index contributed by atoms with van der Waals surface area (Å²) in [4.78, 5) is 6.43. The van der Waals surface area contributed by atoms with Crippen molar-refractivity contribution in [3.63, 3.8) is 0 Å². The van der Waals surface area contributed by atoms with Crippen LogP contribution in [-0.2, 0) is 6.54 Å². The van der Waals surface area contributed by atoms with Gasteiger partial charge < -0.3 is 10.5 Å². The number of rotatable bonds is 6. The van der Waals surface area contributed by atoms with Crippen LogP contribution in [0, 0.1) is 0 Å². The maximum Gasteiger partial charge on any atom is 0.212 e. The Morgan fingerprint density at radius 3 is 2.71 bits per heavy atom. The van der Waals surface area contributed by atoms with Crippen molar-refractivity contribution in [3.05, 3.63) is 58.7 Å². The predicted octanol–water partition coefficient (Wildman–Crippen LogP) is 2.88. The van der Waals surface area contributed by atoms with Crippen LogP contribution in [0.15, 0.2) is 42.6 Å². The molecule has 2 aromatic rings. The molecule has 0 fully saturated rings. The van der Waals surface area contributed by atoms with Gasteiger partial charge >= 0.3 is 0 Å². The van der Waals surface area contributed by atoms with Gasteiger partial charge in [0.1, 0.15) is 0 Å². The molecule has 5 heteroatoms. The Kier molecular flexibility index (Phi) is 5.56. The van der Waals surface area contributed by atoms with Gasteiger partial charge in [0.2, 0.25) is 5.88 Å². The van der Waals surface area contributed by atoms with Crippen LogP contribution in [0.2, 0.25) is 5.02 Å². The number of methoxy groups -OCH3 is 1. The lowest BCUT2D eigenvalue weighted by atomic mass is 10.1. The molecule has 2 N–H and O–H groups in total. The van der Waals surface area contributed by atoms with E-state index < -0.39 is 0 Å². The summed E-state index contributed by atoms with van der Waals surface area (Å²) in [5.41, 5.74) is 8.16. The molecule has 2 rings (SSSR count). The first kappa shape index (κ1) is 15.8. The van der Waals surface area contributed by atoms with Crippen LogP contribution >= 0.6 is 11.6 Å². The molecule has 0 saturated heterocycles. The molecule has 0 aliphatic heterocycles. The maximum absolute atomic E-state index is 6.03. The molecule has 1 aromatic heterocycles. The maximum atomic E-state index is 6.03. The summed E-state index contributed by atoms with van der Waals surface area (Å²) in [7, 11) is 3.65. The lowest BCUT2D eigenvalue weighted by molar-refractivity contribution is 0.241. The third kappa shape index (κ3) is 4.17. The van der Waals surface area contributed by atoms with Gasteiger partial charge in [-0.15, -0.1) is 0 Å². The van der Waals surface area contributed by atoms with E-state index in [1.54, 1.807) is 7.11 Å². The highest BCUT2D eigenvalue weighted by Gasteiger charge is 2.16. The number of hydrogen-bond acceptors (Lipinski definition) is 4. The second kappa shape index (κ2) is 7.41. The smallest absolute Gasteiger partial charge is 0.212 e. The van der Waals surface area contributed by atoms with Crippen molar-refractivity contribution < 1.29 is 4.74 Å². The first-order valence-electron chi connectivity index (χ1n) is 6.78. The predicted molar refractivity (Wildman–Crippen MR) is 85.5 cm³/mol. The second-order valence-electron chi connectivity index (χ2n) is 4.93. The number of halogens is 1. The SMILES string of the molecule is COc1ccc(C(CN)N(C)Cc2cccc(Cl)c2)cn1. The summed E-state index contributed by atoms with van der Waals surface area (Å²) in [6, 6.07) is 11.8. The van der Waals surface area contributed by atoms with Crippen molar-refractivity contribution in [1.82, 2.24) is 9.88 Å².